The summed E-state index contributed by atoms with van der Waals surface area (Å²) in [5.74, 6) is 0.162. The summed E-state index contributed by atoms with van der Waals surface area (Å²) in [4.78, 5) is 39.6. The van der Waals surface area contributed by atoms with E-state index >= 15 is 0 Å². The maximum absolute atomic E-state index is 12.9. The van der Waals surface area contributed by atoms with Crippen molar-refractivity contribution >= 4 is 35.3 Å². The summed E-state index contributed by atoms with van der Waals surface area (Å²) in [5.41, 5.74) is 2.64. The third-order valence-corrected chi connectivity index (χ3v) is 8.23. The van der Waals surface area contributed by atoms with E-state index in [-0.39, 0.29) is 36.3 Å². The number of piperidine rings is 3. The highest BCUT2D eigenvalue weighted by molar-refractivity contribution is 6.00. The zero-order valence-corrected chi connectivity index (χ0v) is 21.4. The van der Waals surface area contributed by atoms with Crippen molar-refractivity contribution < 1.29 is 9.59 Å². The highest BCUT2D eigenvalue weighted by Gasteiger charge is 2.31. The van der Waals surface area contributed by atoms with Gasteiger partial charge in [0.2, 0.25) is 11.8 Å². The molecule has 2 N–H and O–H groups in total. The lowest BCUT2D eigenvalue weighted by Gasteiger charge is -2.39. The average molecular weight is 504 g/mol. The van der Waals surface area contributed by atoms with Crippen molar-refractivity contribution in [2.75, 3.05) is 26.2 Å². The van der Waals surface area contributed by atoms with Crippen molar-refractivity contribution in [2.24, 2.45) is 13.0 Å². The Morgan fingerprint density at radius 3 is 2.43 bits per heavy atom. The molecule has 0 bridgehead atoms. The molecule has 3 aliphatic rings. The van der Waals surface area contributed by atoms with Crippen LogP contribution in [0.2, 0.25) is 0 Å². The summed E-state index contributed by atoms with van der Waals surface area (Å²) in [7, 11) is 1.76. The minimum atomic E-state index is -0.629. The number of benzene rings is 1. The molecule has 1 unspecified atom stereocenters. The molecule has 0 spiro atoms. The Morgan fingerprint density at radius 2 is 1.71 bits per heavy atom. The molecule has 3 aliphatic heterocycles. The first-order valence-electron chi connectivity index (χ1n) is 13.0. The van der Waals surface area contributed by atoms with Crippen LogP contribution in [-0.4, -0.2) is 58.1 Å². The van der Waals surface area contributed by atoms with Crippen molar-refractivity contribution in [3.05, 3.63) is 34.2 Å². The van der Waals surface area contributed by atoms with Crippen molar-refractivity contribution in [2.45, 2.75) is 69.9 Å². The normalized spacial score (nSPS) is 22.8. The Kier molecular flexibility index (Phi) is 8.34. The van der Waals surface area contributed by atoms with Crippen molar-refractivity contribution in [1.29, 1.82) is 0 Å². The molecule has 0 radical (unpaired) electrons. The van der Waals surface area contributed by atoms with E-state index in [4.69, 9.17) is 0 Å². The molecule has 8 nitrogen and oxygen atoms in total. The second kappa shape index (κ2) is 11.3. The summed E-state index contributed by atoms with van der Waals surface area (Å²) in [5, 5.41) is 5.84. The van der Waals surface area contributed by atoms with Gasteiger partial charge in [-0.1, -0.05) is 12.5 Å². The van der Waals surface area contributed by atoms with E-state index in [0.717, 1.165) is 48.9 Å². The molecule has 4 heterocycles. The summed E-state index contributed by atoms with van der Waals surface area (Å²) < 4.78 is 3.18. The smallest absolute Gasteiger partial charge is 0.317 e. The van der Waals surface area contributed by atoms with Gasteiger partial charge in [-0.15, -0.1) is 12.4 Å². The van der Waals surface area contributed by atoms with Gasteiger partial charge in [0.15, 0.2) is 0 Å². The van der Waals surface area contributed by atoms with Gasteiger partial charge in [0.05, 0.1) is 11.0 Å². The molecular weight excluding hydrogens is 466 g/mol. The van der Waals surface area contributed by atoms with Gasteiger partial charge >= 0.3 is 5.69 Å². The maximum Gasteiger partial charge on any atom is 0.329 e. The summed E-state index contributed by atoms with van der Waals surface area (Å²) in [6.45, 7) is 4.82. The monoisotopic (exact) mass is 503 g/mol. The number of amides is 2. The largest absolute Gasteiger partial charge is 0.329 e. The van der Waals surface area contributed by atoms with Gasteiger partial charge in [-0.3, -0.25) is 24.0 Å². The highest BCUT2D eigenvalue weighted by atomic mass is 35.5. The van der Waals surface area contributed by atoms with Crippen LogP contribution < -0.4 is 16.3 Å². The van der Waals surface area contributed by atoms with Gasteiger partial charge in [0.25, 0.3) is 0 Å². The van der Waals surface area contributed by atoms with Gasteiger partial charge in [-0.05, 0) is 94.7 Å². The number of nitrogens with one attached hydrogen (secondary N) is 2. The van der Waals surface area contributed by atoms with Crippen molar-refractivity contribution in [1.82, 2.24) is 24.7 Å². The number of likely N-dealkylation sites (tertiary alicyclic amines) is 1. The average Bonchev–Trinajstić information content (AvgIpc) is 3.10. The lowest BCUT2D eigenvalue weighted by Crippen LogP contribution is -2.46. The Labute approximate surface area is 212 Å². The fourth-order valence-electron chi connectivity index (χ4n) is 6.17. The zero-order chi connectivity index (χ0) is 23.7. The van der Waals surface area contributed by atoms with E-state index in [2.05, 4.69) is 27.7 Å². The van der Waals surface area contributed by atoms with Crippen LogP contribution in [-0.2, 0) is 23.1 Å². The number of imidazole rings is 1. The fourth-order valence-corrected chi connectivity index (χ4v) is 6.17. The number of aryl methyl sites for hydroxylation is 2. The number of carbonyl (C=O) groups excluding carboxylic acids is 2. The van der Waals surface area contributed by atoms with E-state index in [1.165, 1.54) is 50.8 Å². The first kappa shape index (κ1) is 25.9. The molecule has 1 atom stereocenters. The second-order valence-corrected chi connectivity index (χ2v) is 10.4. The molecule has 9 heteroatoms. The van der Waals surface area contributed by atoms with Gasteiger partial charge < -0.3 is 10.2 Å². The van der Waals surface area contributed by atoms with Gasteiger partial charge in [0.1, 0.15) is 6.04 Å². The number of aromatic nitrogens is 2. The molecule has 3 fully saturated rings. The van der Waals surface area contributed by atoms with Crippen LogP contribution in [0.5, 0.6) is 0 Å². The number of hydrogen-bond donors (Lipinski definition) is 2. The quantitative estimate of drug-likeness (QED) is 0.591. The van der Waals surface area contributed by atoms with Crippen LogP contribution in [0.4, 0.5) is 0 Å². The number of nitrogens with zero attached hydrogens (tertiary/aromatic N) is 3. The Balaban J connectivity index is 0.00000289. The van der Waals surface area contributed by atoms with E-state index in [1.807, 2.05) is 6.07 Å². The lowest BCUT2D eigenvalue weighted by molar-refractivity contribution is -0.135. The maximum atomic E-state index is 12.9. The highest BCUT2D eigenvalue weighted by Crippen LogP contribution is 2.27. The molecule has 1 aromatic heterocycles. The van der Waals surface area contributed by atoms with Crippen LogP contribution in [0.1, 0.15) is 63.0 Å². The summed E-state index contributed by atoms with van der Waals surface area (Å²) >= 11 is 0. The standard InChI is InChI=1S/C26H37N5O3.ClH/c1-29-23-17-19(4-2-3-18-11-15-30(16-12-18)20-9-13-27-14-10-20)5-6-21(23)31(26(29)34)22-7-8-24(32)28-25(22)33;/h5-6,17-18,20,22,27H,2-4,7-16H2,1H3,(H,28,32,33);1H. The molecular formula is C26H38ClN5O3. The van der Waals surface area contributed by atoms with E-state index in [9.17, 15) is 14.4 Å². The van der Waals surface area contributed by atoms with Crippen LogP contribution >= 0.6 is 12.4 Å². The Hall–Kier alpha value is -2.16. The molecule has 0 aliphatic carbocycles. The van der Waals surface area contributed by atoms with E-state index in [0.29, 0.717) is 6.42 Å². The molecule has 192 valence electrons. The van der Waals surface area contributed by atoms with Crippen LogP contribution in [0.25, 0.3) is 11.0 Å². The topological polar surface area (TPSA) is 88.4 Å². The number of imide groups is 1. The van der Waals surface area contributed by atoms with Gasteiger partial charge in [-0.25, -0.2) is 4.79 Å². The lowest BCUT2D eigenvalue weighted by atomic mass is 9.89. The molecule has 5 rings (SSSR count). The second-order valence-electron chi connectivity index (χ2n) is 10.4. The van der Waals surface area contributed by atoms with Crippen molar-refractivity contribution in [3.63, 3.8) is 0 Å². The van der Waals surface area contributed by atoms with Crippen LogP contribution in [0, 0.1) is 5.92 Å². The molecule has 1 aromatic carbocycles. The van der Waals surface area contributed by atoms with Crippen molar-refractivity contribution in [3.8, 4) is 0 Å². The molecule has 0 saturated carbocycles. The first-order chi connectivity index (χ1) is 16.5. The SMILES string of the molecule is Cl.Cn1c(=O)n(C2CCC(=O)NC2=O)c2ccc(CCCC3CCN(C4CCNCC4)CC3)cc21. The minimum Gasteiger partial charge on any atom is -0.317 e. The third kappa shape index (κ3) is 5.49. The molecule has 35 heavy (non-hydrogen) atoms. The number of halogens is 1. The predicted octanol–water partition coefficient (Wildman–Crippen LogP) is 2.53. The number of carbonyl (C=O) groups is 2. The predicted molar refractivity (Wildman–Crippen MR) is 139 cm³/mol. The fraction of sp³-hybridized carbons (Fsp3) is 0.654. The van der Waals surface area contributed by atoms with Crippen LogP contribution in [0.3, 0.4) is 0 Å². The Morgan fingerprint density at radius 1 is 0.971 bits per heavy atom. The number of rotatable bonds is 6. The molecule has 2 amide bonds. The zero-order valence-electron chi connectivity index (χ0n) is 20.6. The summed E-state index contributed by atoms with van der Waals surface area (Å²) in [6, 6.07) is 6.30. The number of hydrogen-bond acceptors (Lipinski definition) is 5. The molecule has 3 saturated heterocycles. The molecule has 2 aromatic rings. The van der Waals surface area contributed by atoms with Crippen LogP contribution in [0.15, 0.2) is 23.0 Å². The minimum absolute atomic E-state index is 0. The van der Waals surface area contributed by atoms with Gasteiger partial charge in [0, 0.05) is 19.5 Å². The third-order valence-electron chi connectivity index (χ3n) is 8.23. The van der Waals surface area contributed by atoms with E-state index < -0.39 is 6.04 Å². The number of fused-ring (bicyclic) bond motifs is 1. The summed E-state index contributed by atoms with van der Waals surface area (Å²) in [6.07, 6.45) is 9.25. The first-order valence-corrected chi connectivity index (χ1v) is 13.0. The Bertz CT molecular complexity index is 1110. The van der Waals surface area contributed by atoms with Gasteiger partial charge in [-0.2, -0.15) is 0 Å². The van der Waals surface area contributed by atoms with E-state index in [1.54, 1.807) is 16.2 Å².